The Morgan fingerprint density at radius 2 is 1.71 bits per heavy atom. The van der Waals surface area contributed by atoms with Gasteiger partial charge in [-0.05, 0) is 26.7 Å². The van der Waals surface area contributed by atoms with E-state index in [1.54, 1.807) is 4.31 Å². The molecule has 122 valence electrons. The van der Waals surface area contributed by atoms with Gasteiger partial charge in [-0.2, -0.15) is 4.31 Å². The third-order valence-corrected chi connectivity index (χ3v) is 7.25. The number of sulfonamides is 1. The predicted octanol–water partition coefficient (Wildman–Crippen LogP) is 0.401. The van der Waals surface area contributed by atoms with Gasteiger partial charge >= 0.3 is 0 Å². The van der Waals surface area contributed by atoms with Gasteiger partial charge in [-0.1, -0.05) is 18.0 Å². The summed E-state index contributed by atoms with van der Waals surface area (Å²) in [6.07, 6.45) is 3.61. The molecule has 0 aromatic heterocycles. The molecule has 0 unspecified atom stereocenters. The zero-order chi connectivity index (χ0) is 15.7. The van der Waals surface area contributed by atoms with Crippen LogP contribution in [0.1, 0.15) is 39.5 Å². The van der Waals surface area contributed by atoms with Crippen LogP contribution in [0.25, 0.3) is 0 Å². The van der Waals surface area contributed by atoms with E-state index in [1.807, 2.05) is 13.8 Å². The van der Waals surface area contributed by atoms with Crippen LogP contribution in [-0.2, 0) is 10.0 Å². The van der Waals surface area contributed by atoms with Crippen LogP contribution in [0.5, 0.6) is 0 Å². The van der Waals surface area contributed by atoms with Gasteiger partial charge in [0.05, 0.1) is 10.8 Å². The highest BCUT2D eigenvalue weighted by molar-refractivity contribution is 7.89. The first kappa shape index (κ1) is 16.5. The molecule has 7 nitrogen and oxygen atoms in total. The van der Waals surface area contributed by atoms with Crippen LogP contribution in [0.3, 0.4) is 0 Å². The van der Waals surface area contributed by atoms with Crippen molar-refractivity contribution in [2.75, 3.05) is 26.2 Å². The average Bonchev–Trinajstić information content (AvgIpc) is 3.01. The second-order valence-corrected chi connectivity index (χ2v) is 8.59. The maximum absolute atomic E-state index is 12.6. The molecule has 1 aliphatic heterocycles. The Morgan fingerprint density at radius 3 is 2.19 bits per heavy atom. The Balaban J connectivity index is 2.00. The highest BCUT2D eigenvalue weighted by atomic mass is 32.2. The molecule has 8 heteroatoms. The summed E-state index contributed by atoms with van der Waals surface area (Å²) in [6, 6.07) is 0. The maximum atomic E-state index is 12.6. The summed E-state index contributed by atoms with van der Waals surface area (Å²) in [7, 11) is -3.16. The Morgan fingerprint density at radius 1 is 1.19 bits per heavy atom. The molecule has 1 saturated carbocycles. The molecule has 2 fully saturated rings. The molecule has 2 rings (SSSR count). The molecule has 1 saturated heterocycles. The first-order valence-corrected chi connectivity index (χ1v) is 9.02. The number of oxime groups is 1. The van der Waals surface area contributed by atoms with Gasteiger partial charge in [0.25, 0.3) is 0 Å². The van der Waals surface area contributed by atoms with Gasteiger partial charge in [-0.25, -0.2) is 8.42 Å². The molecule has 21 heavy (non-hydrogen) atoms. The molecule has 0 aromatic carbocycles. The summed E-state index contributed by atoms with van der Waals surface area (Å²) in [4.78, 5) is 2.06. The van der Waals surface area contributed by atoms with Gasteiger partial charge in [0.1, 0.15) is 0 Å². The molecular formula is C13H26N4O3S. The fraction of sp³-hybridized carbons (Fsp3) is 0.923. The second-order valence-electron chi connectivity index (χ2n) is 6.38. The first-order valence-electron chi connectivity index (χ1n) is 7.52. The van der Waals surface area contributed by atoms with Gasteiger partial charge in [-0.3, -0.25) is 4.90 Å². The van der Waals surface area contributed by atoms with E-state index < -0.39 is 15.6 Å². The molecule has 0 bridgehead atoms. The summed E-state index contributed by atoms with van der Waals surface area (Å²) < 4.78 is 26.7. The van der Waals surface area contributed by atoms with Gasteiger partial charge in [-0.15, -0.1) is 0 Å². The molecule has 0 amide bonds. The Hall–Kier alpha value is -0.860. The summed E-state index contributed by atoms with van der Waals surface area (Å²) in [6.45, 7) is 5.89. The standard InChI is InChI=1S/C13H26N4O3S/c1-13(2,12(14)15-18)16-7-9-17(10-8-16)21(19,20)11-5-3-4-6-11/h11,18H,3-10H2,1-2H3,(H2,14,15). The highest BCUT2D eigenvalue weighted by Crippen LogP contribution is 2.28. The molecule has 3 N–H and O–H groups in total. The van der Waals surface area contributed by atoms with E-state index >= 15 is 0 Å². The smallest absolute Gasteiger partial charge is 0.217 e. The third kappa shape index (κ3) is 3.17. The highest BCUT2D eigenvalue weighted by Gasteiger charge is 2.39. The molecular weight excluding hydrogens is 292 g/mol. The number of piperazine rings is 1. The van der Waals surface area contributed by atoms with E-state index in [1.165, 1.54) is 0 Å². The fourth-order valence-corrected chi connectivity index (χ4v) is 5.21. The zero-order valence-corrected chi connectivity index (χ0v) is 13.6. The summed E-state index contributed by atoms with van der Waals surface area (Å²) in [5, 5.41) is 11.7. The summed E-state index contributed by atoms with van der Waals surface area (Å²) in [5.41, 5.74) is 5.16. The third-order valence-electron chi connectivity index (χ3n) is 4.85. The van der Waals surface area contributed by atoms with E-state index in [9.17, 15) is 8.42 Å². The molecule has 0 aromatic rings. The lowest BCUT2D eigenvalue weighted by Gasteiger charge is -2.43. The van der Waals surface area contributed by atoms with E-state index in [0.29, 0.717) is 26.2 Å². The maximum Gasteiger partial charge on any atom is 0.217 e. The number of nitrogens with zero attached hydrogens (tertiary/aromatic N) is 3. The average molecular weight is 318 g/mol. The predicted molar refractivity (Wildman–Crippen MR) is 81.8 cm³/mol. The number of nitrogens with two attached hydrogens (primary N) is 1. The van der Waals surface area contributed by atoms with Crippen molar-refractivity contribution >= 4 is 15.9 Å². The molecule has 0 spiro atoms. The number of hydrogen-bond donors (Lipinski definition) is 2. The Labute approximate surface area is 126 Å². The minimum absolute atomic E-state index is 0.148. The van der Waals surface area contributed by atoms with Crippen molar-refractivity contribution in [1.29, 1.82) is 0 Å². The Kier molecular flexibility index (Phi) is 4.79. The van der Waals surface area contributed by atoms with E-state index in [4.69, 9.17) is 10.9 Å². The lowest BCUT2D eigenvalue weighted by molar-refractivity contribution is 0.118. The van der Waals surface area contributed by atoms with Crippen LogP contribution in [0.2, 0.25) is 0 Å². The molecule has 1 aliphatic carbocycles. The van der Waals surface area contributed by atoms with Crippen LogP contribution in [-0.4, -0.2) is 65.6 Å². The van der Waals surface area contributed by atoms with Gasteiger partial charge in [0.2, 0.25) is 10.0 Å². The lowest BCUT2D eigenvalue weighted by Crippen LogP contribution is -2.60. The minimum atomic E-state index is -3.16. The van der Waals surface area contributed by atoms with Crippen molar-refractivity contribution in [3.05, 3.63) is 0 Å². The zero-order valence-electron chi connectivity index (χ0n) is 12.8. The van der Waals surface area contributed by atoms with E-state index in [-0.39, 0.29) is 11.1 Å². The normalized spacial score (nSPS) is 24.6. The molecule has 2 aliphatic rings. The van der Waals surface area contributed by atoms with E-state index in [0.717, 1.165) is 25.7 Å². The quantitative estimate of drug-likeness (QED) is 0.338. The first-order chi connectivity index (χ1) is 9.80. The molecule has 1 heterocycles. The van der Waals surface area contributed by atoms with Crippen LogP contribution in [0.15, 0.2) is 5.16 Å². The molecule has 0 radical (unpaired) electrons. The largest absolute Gasteiger partial charge is 0.409 e. The van der Waals surface area contributed by atoms with Crippen LogP contribution in [0.4, 0.5) is 0 Å². The van der Waals surface area contributed by atoms with Crippen molar-refractivity contribution < 1.29 is 13.6 Å². The van der Waals surface area contributed by atoms with Gasteiger partial charge in [0, 0.05) is 26.2 Å². The van der Waals surface area contributed by atoms with Crippen LogP contribution >= 0.6 is 0 Å². The van der Waals surface area contributed by atoms with Crippen LogP contribution in [0, 0.1) is 0 Å². The monoisotopic (exact) mass is 318 g/mol. The van der Waals surface area contributed by atoms with E-state index in [2.05, 4.69) is 10.1 Å². The van der Waals surface area contributed by atoms with Gasteiger partial charge < -0.3 is 10.9 Å². The van der Waals surface area contributed by atoms with Crippen molar-refractivity contribution in [3.8, 4) is 0 Å². The van der Waals surface area contributed by atoms with Crippen molar-refractivity contribution in [1.82, 2.24) is 9.21 Å². The van der Waals surface area contributed by atoms with Gasteiger partial charge in [0.15, 0.2) is 5.84 Å². The SMILES string of the molecule is CC(C)(C(N)=NO)N1CCN(S(=O)(=O)C2CCCC2)CC1. The van der Waals surface area contributed by atoms with Crippen LogP contribution < -0.4 is 5.73 Å². The van der Waals surface area contributed by atoms with Crippen molar-refractivity contribution in [3.63, 3.8) is 0 Å². The Bertz CT molecular complexity index is 490. The minimum Gasteiger partial charge on any atom is -0.409 e. The summed E-state index contributed by atoms with van der Waals surface area (Å²) >= 11 is 0. The van der Waals surface area contributed by atoms with Crippen molar-refractivity contribution in [2.45, 2.75) is 50.3 Å². The topological polar surface area (TPSA) is 99.2 Å². The number of amidine groups is 1. The van der Waals surface area contributed by atoms with Crippen molar-refractivity contribution in [2.24, 2.45) is 10.9 Å². The fourth-order valence-electron chi connectivity index (χ4n) is 3.18. The number of rotatable bonds is 4. The molecule has 0 atom stereocenters. The number of hydrogen-bond acceptors (Lipinski definition) is 5. The second kappa shape index (κ2) is 6.10. The summed E-state index contributed by atoms with van der Waals surface area (Å²) in [5.74, 6) is 0.148. The lowest BCUT2D eigenvalue weighted by atomic mass is 10.0.